The van der Waals surface area contributed by atoms with Gasteiger partial charge in [0.2, 0.25) is 0 Å². The highest BCUT2D eigenvalue weighted by Crippen LogP contribution is 2.26. The molecule has 0 bridgehead atoms. The van der Waals surface area contributed by atoms with Crippen molar-refractivity contribution in [2.75, 3.05) is 46.4 Å². The average Bonchev–Trinajstić information content (AvgIpc) is 3.32. The molecule has 1 aliphatic rings. The monoisotopic (exact) mass is 533 g/mol. The van der Waals surface area contributed by atoms with Crippen LogP contribution in [-0.4, -0.2) is 77.0 Å². The number of nitrogens with zero attached hydrogens (tertiary/aromatic N) is 3. The first kappa shape index (κ1) is 25.9. The van der Waals surface area contributed by atoms with E-state index in [0.29, 0.717) is 32.8 Å². The van der Waals surface area contributed by atoms with Gasteiger partial charge in [0.1, 0.15) is 17.9 Å². The summed E-state index contributed by atoms with van der Waals surface area (Å²) in [6.45, 7) is 5.50. The highest BCUT2D eigenvalue weighted by atomic mass is 32.1. The summed E-state index contributed by atoms with van der Waals surface area (Å²) in [6.07, 6.45) is 1.18. The van der Waals surface area contributed by atoms with E-state index in [1.807, 2.05) is 23.5 Å². The Labute approximate surface area is 224 Å². The van der Waals surface area contributed by atoms with Crippen molar-refractivity contribution in [2.45, 2.75) is 13.1 Å². The number of ether oxygens (including phenoxy) is 1. The van der Waals surface area contributed by atoms with Crippen molar-refractivity contribution in [1.82, 2.24) is 24.7 Å². The lowest BCUT2D eigenvalue weighted by Crippen LogP contribution is -2.50. The number of thiophene rings is 1. The van der Waals surface area contributed by atoms with Gasteiger partial charge in [-0.1, -0.05) is 30.3 Å². The van der Waals surface area contributed by atoms with Gasteiger partial charge in [0.25, 0.3) is 11.5 Å². The van der Waals surface area contributed by atoms with E-state index in [4.69, 9.17) is 4.74 Å². The van der Waals surface area contributed by atoms with E-state index in [9.17, 15) is 14.4 Å². The van der Waals surface area contributed by atoms with Gasteiger partial charge in [-0.25, -0.2) is 4.79 Å². The first-order valence-corrected chi connectivity index (χ1v) is 13.5. The zero-order chi connectivity index (χ0) is 26.5. The molecule has 9 nitrogen and oxygen atoms in total. The van der Waals surface area contributed by atoms with Gasteiger partial charge in [0.15, 0.2) is 0 Å². The van der Waals surface area contributed by atoms with E-state index in [2.05, 4.69) is 69.3 Å². The maximum atomic E-state index is 12.6. The number of nitrogens with one attached hydrogen (secondary N) is 2. The molecule has 2 aromatic carbocycles. The zero-order valence-corrected chi connectivity index (χ0v) is 22.1. The number of aromatic amines is 2. The van der Waals surface area contributed by atoms with Crippen LogP contribution in [0.25, 0.3) is 10.1 Å². The third-order valence-corrected chi connectivity index (χ3v) is 7.76. The number of fused-ring (bicyclic) bond motifs is 1. The Morgan fingerprint density at radius 1 is 1.03 bits per heavy atom. The van der Waals surface area contributed by atoms with Crippen molar-refractivity contribution in [3.63, 3.8) is 0 Å². The molecule has 198 valence electrons. The van der Waals surface area contributed by atoms with Gasteiger partial charge in [-0.2, -0.15) is 0 Å². The quantitative estimate of drug-likeness (QED) is 0.343. The van der Waals surface area contributed by atoms with E-state index in [0.717, 1.165) is 25.4 Å². The van der Waals surface area contributed by atoms with Crippen LogP contribution in [0.5, 0.6) is 5.75 Å². The molecule has 2 N–H and O–H groups in total. The zero-order valence-electron chi connectivity index (χ0n) is 21.3. The van der Waals surface area contributed by atoms with Crippen LogP contribution >= 0.6 is 11.3 Å². The predicted octanol–water partition coefficient (Wildman–Crippen LogP) is 2.75. The van der Waals surface area contributed by atoms with Gasteiger partial charge < -0.3 is 14.6 Å². The highest BCUT2D eigenvalue weighted by molar-refractivity contribution is 7.19. The number of hydrogen-bond donors (Lipinski definition) is 2. The minimum Gasteiger partial charge on any atom is -0.492 e. The minimum absolute atomic E-state index is 0.0453. The summed E-state index contributed by atoms with van der Waals surface area (Å²) >= 11 is 1.85. The molecule has 1 aliphatic heterocycles. The number of rotatable bonds is 9. The fraction of sp³-hybridized carbons (Fsp3) is 0.321. The van der Waals surface area contributed by atoms with Gasteiger partial charge >= 0.3 is 5.69 Å². The van der Waals surface area contributed by atoms with E-state index >= 15 is 0 Å². The smallest absolute Gasteiger partial charge is 0.325 e. The SMILES string of the molecule is CN(Cc1ccc(OCCN2CCN(C(=O)c3c[nH]c(=O)[nH]c3=O)CC2)cc1)Cc1cc2ccccc2s1. The Morgan fingerprint density at radius 2 is 1.79 bits per heavy atom. The number of carbonyl (C=O) groups is 1. The number of piperazine rings is 1. The normalized spacial score (nSPS) is 14.3. The molecule has 1 fully saturated rings. The Balaban J connectivity index is 1.03. The molecule has 0 unspecified atom stereocenters. The van der Waals surface area contributed by atoms with Crippen LogP contribution < -0.4 is 16.0 Å². The second kappa shape index (κ2) is 11.8. The summed E-state index contributed by atoms with van der Waals surface area (Å²) in [4.78, 5) is 47.7. The van der Waals surface area contributed by atoms with Crippen molar-refractivity contribution < 1.29 is 9.53 Å². The van der Waals surface area contributed by atoms with E-state index in [-0.39, 0.29) is 11.5 Å². The second-order valence-corrected chi connectivity index (χ2v) is 10.7. The summed E-state index contributed by atoms with van der Waals surface area (Å²) in [5.74, 6) is 0.472. The van der Waals surface area contributed by atoms with Crippen LogP contribution in [0.4, 0.5) is 0 Å². The van der Waals surface area contributed by atoms with Crippen molar-refractivity contribution in [3.05, 3.63) is 97.6 Å². The third kappa shape index (κ3) is 6.39. The summed E-state index contributed by atoms with van der Waals surface area (Å²) in [6, 6.07) is 19.0. The van der Waals surface area contributed by atoms with Gasteiger partial charge in [0, 0.05) is 61.6 Å². The Hall–Kier alpha value is -3.73. The maximum Gasteiger partial charge on any atom is 0.325 e. The summed E-state index contributed by atoms with van der Waals surface area (Å²) in [5.41, 5.74) is -0.0935. The topological polar surface area (TPSA) is 102 Å². The first-order valence-electron chi connectivity index (χ1n) is 12.7. The van der Waals surface area contributed by atoms with Crippen molar-refractivity contribution >= 4 is 27.3 Å². The Kier molecular flexibility index (Phi) is 8.02. The van der Waals surface area contributed by atoms with Gasteiger partial charge in [-0.05, 0) is 42.3 Å². The number of benzene rings is 2. The fourth-order valence-corrected chi connectivity index (χ4v) is 5.79. The first-order chi connectivity index (χ1) is 18.4. The molecule has 3 heterocycles. The molecular weight excluding hydrogens is 502 g/mol. The van der Waals surface area contributed by atoms with E-state index in [1.54, 1.807) is 4.90 Å². The van der Waals surface area contributed by atoms with Gasteiger partial charge in [-0.3, -0.25) is 24.4 Å². The van der Waals surface area contributed by atoms with Crippen LogP contribution in [0.3, 0.4) is 0 Å². The summed E-state index contributed by atoms with van der Waals surface area (Å²) in [7, 11) is 2.14. The maximum absolute atomic E-state index is 12.6. The molecule has 5 rings (SSSR count). The van der Waals surface area contributed by atoms with Gasteiger partial charge in [-0.15, -0.1) is 11.3 Å². The van der Waals surface area contributed by atoms with Crippen molar-refractivity contribution in [2.24, 2.45) is 0 Å². The molecule has 38 heavy (non-hydrogen) atoms. The number of H-pyrrole nitrogens is 2. The molecule has 2 aromatic heterocycles. The third-order valence-electron chi connectivity index (χ3n) is 6.66. The standard InChI is InChI=1S/C28H31N5O4S/c1-31(19-23-16-21-4-2-3-5-25(21)38-23)18-20-6-8-22(9-7-20)37-15-14-32-10-12-33(13-11-32)27(35)24-17-29-28(36)30-26(24)34/h2-9,16-17H,10-15,18-19H2,1H3,(H2,29,30,34,36). The molecule has 0 spiro atoms. The van der Waals surface area contributed by atoms with E-state index < -0.39 is 11.2 Å². The minimum atomic E-state index is -0.663. The van der Waals surface area contributed by atoms with Crippen LogP contribution in [0.15, 0.2) is 70.4 Å². The van der Waals surface area contributed by atoms with Crippen LogP contribution in [0, 0.1) is 0 Å². The van der Waals surface area contributed by atoms with Crippen LogP contribution in [0.1, 0.15) is 20.8 Å². The molecule has 0 radical (unpaired) electrons. The second-order valence-electron chi connectivity index (χ2n) is 9.53. The molecule has 1 saturated heterocycles. The molecule has 0 saturated carbocycles. The lowest BCUT2D eigenvalue weighted by molar-refractivity contribution is 0.0618. The number of aromatic nitrogens is 2. The van der Waals surface area contributed by atoms with Gasteiger partial charge in [0.05, 0.1) is 0 Å². The van der Waals surface area contributed by atoms with Crippen molar-refractivity contribution in [1.29, 1.82) is 0 Å². The Bertz CT molecular complexity index is 1470. The lowest BCUT2D eigenvalue weighted by Gasteiger charge is -2.34. The van der Waals surface area contributed by atoms with Crippen molar-refractivity contribution in [3.8, 4) is 5.75 Å². The predicted molar refractivity (Wildman–Crippen MR) is 149 cm³/mol. The number of hydrogen-bond acceptors (Lipinski definition) is 7. The lowest BCUT2D eigenvalue weighted by atomic mass is 10.2. The molecule has 0 atom stereocenters. The van der Waals surface area contributed by atoms with Crippen LogP contribution in [-0.2, 0) is 13.1 Å². The summed E-state index contributed by atoms with van der Waals surface area (Å²) in [5, 5.41) is 1.31. The van der Waals surface area contributed by atoms with Crippen LogP contribution in [0.2, 0.25) is 0 Å². The highest BCUT2D eigenvalue weighted by Gasteiger charge is 2.24. The molecule has 4 aromatic rings. The molecule has 0 aliphatic carbocycles. The molecular formula is C28H31N5O4S. The average molecular weight is 534 g/mol. The fourth-order valence-electron chi connectivity index (χ4n) is 4.65. The van der Waals surface area contributed by atoms with E-state index in [1.165, 1.54) is 26.7 Å². The number of carbonyl (C=O) groups excluding carboxylic acids is 1. The Morgan fingerprint density at radius 3 is 2.53 bits per heavy atom. The summed E-state index contributed by atoms with van der Waals surface area (Å²) < 4.78 is 7.28. The largest absolute Gasteiger partial charge is 0.492 e. The molecule has 10 heteroatoms. The number of amides is 1. The molecule has 1 amide bonds.